The summed E-state index contributed by atoms with van der Waals surface area (Å²) < 4.78 is 18.5. The van der Waals surface area contributed by atoms with Crippen LogP contribution in [0.25, 0.3) is 22.6 Å². The van der Waals surface area contributed by atoms with Crippen molar-refractivity contribution in [3.8, 4) is 11.3 Å². The van der Waals surface area contributed by atoms with Crippen molar-refractivity contribution in [3.63, 3.8) is 0 Å². The Bertz CT molecular complexity index is 1300. The number of imidazole rings is 2. The molecule has 1 saturated heterocycles. The quantitative estimate of drug-likeness (QED) is 0.548. The van der Waals surface area contributed by atoms with Crippen molar-refractivity contribution in [1.82, 2.24) is 29.3 Å². The summed E-state index contributed by atoms with van der Waals surface area (Å²) in [5, 5.41) is 8.21. The lowest BCUT2D eigenvalue weighted by atomic mass is 9.60. The van der Waals surface area contributed by atoms with Gasteiger partial charge in [-0.05, 0) is 63.1 Å². The van der Waals surface area contributed by atoms with Crippen LogP contribution in [0.1, 0.15) is 49.1 Å². The van der Waals surface area contributed by atoms with Gasteiger partial charge in [-0.15, -0.1) is 0 Å². The Morgan fingerprint density at radius 3 is 2.67 bits per heavy atom. The Kier molecular flexibility index (Phi) is 3.67. The molecule has 0 bridgehead atoms. The van der Waals surface area contributed by atoms with E-state index in [1.807, 2.05) is 42.9 Å². The number of fused-ring (bicyclic) bond motifs is 2. The molecule has 2 fully saturated rings. The summed E-state index contributed by atoms with van der Waals surface area (Å²) in [4.78, 5) is 9.14. The molecule has 5 heterocycles. The molecule has 2 aliphatic rings. The van der Waals surface area contributed by atoms with Crippen LogP contribution in [0.3, 0.4) is 0 Å². The van der Waals surface area contributed by atoms with Crippen LogP contribution in [0.2, 0.25) is 0 Å². The predicted molar refractivity (Wildman–Crippen MR) is 113 cm³/mol. The number of halogens is 1. The third-order valence-corrected chi connectivity index (χ3v) is 6.89. The summed E-state index contributed by atoms with van der Waals surface area (Å²) >= 11 is 0. The molecule has 6 nitrogen and oxygen atoms in total. The summed E-state index contributed by atoms with van der Waals surface area (Å²) in [6, 6.07) is 4.10. The highest BCUT2D eigenvalue weighted by Gasteiger charge is 2.48. The van der Waals surface area contributed by atoms with Crippen LogP contribution in [-0.4, -0.2) is 36.6 Å². The highest BCUT2D eigenvalue weighted by Crippen LogP contribution is 2.55. The molecule has 154 valence electrons. The second-order valence-corrected chi connectivity index (χ2v) is 9.43. The zero-order chi connectivity index (χ0) is 20.6. The van der Waals surface area contributed by atoms with Gasteiger partial charge < -0.3 is 9.72 Å². The molecular weight excluding hydrogens is 379 g/mol. The Morgan fingerprint density at radius 2 is 1.90 bits per heavy atom. The average molecular weight is 404 g/mol. The van der Waals surface area contributed by atoms with Crippen LogP contribution >= 0.6 is 0 Å². The van der Waals surface area contributed by atoms with Gasteiger partial charge in [0, 0.05) is 36.5 Å². The maximum absolute atomic E-state index is 15.0. The average Bonchev–Trinajstić information content (AvgIpc) is 3.36. The predicted octanol–water partition coefficient (Wildman–Crippen LogP) is 4.05. The van der Waals surface area contributed by atoms with Crippen LogP contribution in [0, 0.1) is 25.1 Å². The fraction of sp³-hybridized carbons (Fsp3) is 0.435. The normalized spacial score (nSPS) is 26.1. The molecule has 7 heteroatoms. The molecule has 1 aliphatic carbocycles. The number of pyridine rings is 1. The highest BCUT2D eigenvalue weighted by atomic mass is 19.1. The molecule has 4 aromatic heterocycles. The molecule has 1 atom stereocenters. The van der Waals surface area contributed by atoms with Crippen molar-refractivity contribution >= 4 is 11.3 Å². The lowest BCUT2D eigenvalue weighted by Crippen LogP contribution is -2.37. The topological polar surface area (TPSA) is 59.5 Å². The lowest BCUT2D eigenvalue weighted by Gasteiger charge is -2.44. The van der Waals surface area contributed by atoms with Crippen molar-refractivity contribution in [2.24, 2.45) is 5.41 Å². The van der Waals surface area contributed by atoms with Crippen molar-refractivity contribution in [3.05, 3.63) is 53.5 Å². The van der Waals surface area contributed by atoms with E-state index in [9.17, 15) is 4.39 Å². The molecule has 0 radical (unpaired) electrons. The first-order valence-corrected chi connectivity index (χ1v) is 10.6. The number of nitrogens with zero attached hydrogens (tertiary/aromatic N) is 5. The summed E-state index contributed by atoms with van der Waals surface area (Å²) in [5.41, 5.74) is 6.03. The maximum Gasteiger partial charge on any atom is 0.173 e. The molecule has 0 aromatic carbocycles. The Labute approximate surface area is 174 Å². The first-order valence-electron chi connectivity index (χ1n) is 10.6. The molecule has 1 N–H and O–H groups in total. The molecule has 1 aliphatic heterocycles. The van der Waals surface area contributed by atoms with Crippen molar-refractivity contribution in [1.29, 1.82) is 0 Å². The van der Waals surface area contributed by atoms with Gasteiger partial charge in [0.25, 0.3) is 0 Å². The lowest BCUT2D eigenvalue weighted by molar-refractivity contribution is 0.122. The SMILES string of the molecule is Cc1cn2nc(-c3cc(F)c4nc(C5CC6(CN[C@H](C)C6)C5)cn4c3)cc(C)c2n1. The van der Waals surface area contributed by atoms with Gasteiger partial charge in [0.1, 0.15) is 0 Å². The van der Waals surface area contributed by atoms with Crippen molar-refractivity contribution in [2.45, 2.75) is 52.0 Å². The van der Waals surface area contributed by atoms with Crippen molar-refractivity contribution < 1.29 is 4.39 Å². The van der Waals surface area contributed by atoms with Crippen LogP contribution < -0.4 is 5.32 Å². The number of nitrogens with one attached hydrogen (secondary N) is 1. The van der Waals surface area contributed by atoms with E-state index in [1.165, 1.54) is 12.5 Å². The Hall–Kier alpha value is -2.80. The number of aryl methyl sites for hydroxylation is 2. The van der Waals surface area contributed by atoms with E-state index in [4.69, 9.17) is 0 Å². The van der Waals surface area contributed by atoms with E-state index < -0.39 is 0 Å². The van der Waals surface area contributed by atoms with Gasteiger partial charge in [0.05, 0.1) is 23.3 Å². The Balaban J connectivity index is 1.35. The third-order valence-electron chi connectivity index (χ3n) is 6.89. The fourth-order valence-electron chi connectivity index (χ4n) is 5.49. The number of rotatable bonds is 2. The fourth-order valence-corrected chi connectivity index (χ4v) is 5.49. The molecule has 0 amide bonds. The van der Waals surface area contributed by atoms with Crippen LogP contribution in [0.15, 0.2) is 30.7 Å². The van der Waals surface area contributed by atoms with E-state index in [0.717, 1.165) is 53.2 Å². The second-order valence-electron chi connectivity index (χ2n) is 9.43. The first kappa shape index (κ1) is 18.0. The molecular formula is C23H25FN6. The van der Waals surface area contributed by atoms with Gasteiger partial charge in [-0.2, -0.15) is 5.10 Å². The van der Waals surface area contributed by atoms with Gasteiger partial charge in [-0.25, -0.2) is 18.9 Å². The van der Waals surface area contributed by atoms with E-state index >= 15 is 0 Å². The summed E-state index contributed by atoms with van der Waals surface area (Å²) in [5.74, 6) is 0.107. The van der Waals surface area contributed by atoms with Gasteiger partial charge in [-0.3, -0.25) is 0 Å². The van der Waals surface area contributed by atoms with Gasteiger partial charge >= 0.3 is 0 Å². The molecule has 6 rings (SSSR count). The standard InChI is InChI=1S/C23H25FN6/c1-13-4-19(28-30-9-15(3)26-21(13)30)16-5-18(24)22-27-20(11-29(22)10-16)17-7-23(8-17)6-14(2)25-12-23/h4-5,9-11,14,17,25H,6-8,12H2,1-3H3/t14-,17?,23?/m1/s1. The molecule has 4 aromatic rings. The monoisotopic (exact) mass is 404 g/mol. The molecule has 1 saturated carbocycles. The number of aromatic nitrogens is 5. The smallest absolute Gasteiger partial charge is 0.173 e. The zero-order valence-electron chi connectivity index (χ0n) is 17.5. The summed E-state index contributed by atoms with van der Waals surface area (Å²) in [7, 11) is 0. The molecule has 1 spiro atoms. The largest absolute Gasteiger partial charge is 0.314 e. The first-order chi connectivity index (χ1) is 14.4. The Morgan fingerprint density at radius 1 is 1.07 bits per heavy atom. The minimum absolute atomic E-state index is 0.315. The van der Waals surface area contributed by atoms with E-state index in [-0.39, 0.29) is 5.82 Å². The minimum Gasteiger partial charge on any atom is -0.314 e. The summed E-state index contributed by atoms with van der Waals surface area (Å²) in [6.45, 7) is 7.29. The van der Waals surface area contributed by atoms with Crippen LogP contribution in [-0.2, 0) is 0 Å². The summed E-state index contributed by atoms with van der Waals surface area (Å²) in [6.07, 6.45) is 9.33. The van der Waals surface area contributed by atoms with Crippen molar-refractivity contribution in [2.75, 3.05) is 6.54 Å². The van der Waals surface area contributed by atoms with Gasteiger partial charge in [0.15, 0.2) is 17.1 Å². The van der Waals surface area contributed by atoms with E-state index in [0.29, 0.717) is 23.0 Å². The minimum atomic E-state index is -0.315. The highest BCUT2D eigenvalue weighted by molar-refractivity contribution is 5.64. The molecule has 0 unspecified atom stereocenters. The second kappa shape index (κ2) is 6.11. The zero-order valence-corrected chi connectivity index (χ0v) is 17.5. The molecule has 30 heavy (non-hydrogen) atoms. The third kappa shape index (κ3) is 2.68. The maximum atomic E-state index is 15.0. The van der Waals surface area contributed by atoms with E-state index in [2.05, 4.69) is 27.3 Å². The van der Waals surface area contributed by atoms with Gasteiger partial charge in [-0.1, -0.05) is 0 Å². The number of hydrogen-bond acceptors (Lipinski definition) is 4. The van der Waals surface area contributed by atoms with E-state index in [1.54, 1.807) is 4.52 Å². The van der Waals surface area contributed by atoms with Gasteiger partial charge in [0.2, 0.25) is 0 Å². The van der Waals surface area contributed by atoms with Crippen LogP contribution in [0.4, 0.5) is 4.39 Å². The number of hydrogen-bond donors (Lipinski definition) is 1. The van der Waals surface area contributed by atoms with Crippen LogP contribution in [0.5, 0.6) is 0 Å².